The largest absolute Gasteiger partial charge is 0.456 e. The van der Waals surface area contributed by atoms with Crippen LogP contribution in [0.15, 0.2) is 42.5 Å². The summed E-state index contributed by atoms with van der Waals surface area (Å²) in [4.78, 5) is 0. The highest BCUT2D eigenvalue weighted by molar-refractivity contribution is 5.83. The molecule has 0 aliphatic carbocycles. The van der Waals surface area contributed by atoms with Crippen LogP contribution < -0.4 is 4.74 Å². The molecule has 21 heavy (non-hydrogen) atoms. The Balaban J connectivity index is 2.60. The number of ether oxygens (including phenoxy) is 1. The van der Waals surface area contributed by atoms with Gasteiger partial charge in [-0.2, -0.15) is 0 Å². The first-order chi connectivity index (χ1) is 10.0. The molecule has 2 aromatic carbocycles. The van der Waals surface area contributed by atoms with E-state index >= 15 is 0 Å². The predicted octanol–water partition coefficient (Wildman–Crippen LogP) is 5.72. The van der Waals surface area contributed by atoms with E-state index in [9.17, 15) is 0 Å². The molecule has 1 N–H and O–H groups in total. The van der Waals surface area contributed by atoms with Crippen LogP contribution in [0.25, 0.3) is 0 Å². The monoisotopic (exact) mass is 281 g/mol. The van der Waals surface area contributed by atoms with Crippen LogP contribution in [0, 0.1) is 5.41 Å². The molecule has 2 aromatic rings. The highest BCUT2D eigenvalue weighted by atomic mass is 16.5. The molecule has 2 heteroatoms. The van der Waals surface area contributed by atoms with Gasteiger partial charge < -0.3 is 10.1 Å². The van der Waals surface area contributed by atoms with Crippen molar-refractivity contribution in [3.63, 3.8) is 0 Å². The fourth-order valence-corrected chi connectivity index (χ4v) is 2.56. The van der Waals surface area contributed by atoms with E-state index in [2.05, 4.69) is 33.8 Å². The van der Waals surface area contributed by atoms with Crippen LogP contribution in [0.1, 0.15) is 56.2 Å². The molecule has 2 rings (SSSR count). The van der Waals surface area contributed by atoms with Gasteiger partial charge in [0, 0.05) is 17.3 Å². The summed E-state index contributed by atoms with van der Waals surface area (Å²) in [5.74, 6) is 2.40. The summed E-state index contributed by atoms with van der Waals surface area (Å²) in [6.45, 7) is 8.73. The Morgan fingerprint density at radius 1 is 0.905 bits per heavy atom. The maximum Gasteiger partial charge on any atom is 0.139 e. The molecule has 0 spiro atoms. The molecule has 2 nitrogen and oxygen atoms in total. The van der Waals surface area contributed by atoms with Gasteiger partial charge in [0.15, 0.2) is 0 Å². The van der Waals surface area contributed by atoms with Crippen LogP contribution in [-0.2, 0) is 0 Å². The van der Waals surface area contributed by atoms with Gasteiger partial charge in [0.2, 0.25) is 0 Å². The molecule has 0 saturated heterocycles. The topological polar surface area (TPSA) is 33.1 Å². The van der Waals surface area contributed by atoms with E-state index in [1.807, 2.05) is 36.4 Å². The second kappa shape index (κ2) is 6.57. The lowest BCUT2D eigenvalue weighted by atomic mass is 9.88. The third kappa shape index (κ3) is 3.33. The van der Waals surface area contributed by atoms with Crippen LogP contribution in [0.4, 0.5) is 0 Å². The van der Waals surface area contributed by atoms with E-state index in [-0.39, 0.29) is 0 Å². The number of para-hydroxylation sites is 1. The van der Waals surface area contributed by atoms with Crippen LogP contribution >= 0.6 is 0 Å². The summed E-state index contributed by atoms with van der Waals surface area (Å²) in [5.41, 5.74) is 3.32. The molecule has 0 fully saturated rings. The zero-order valence-corrected chi connectivity index (χ0v) is 13.2. The number of hydrogen-bond acceptors (Lipinski definition) is 2. The first-order valence-electron chi connectivity index (χ1n) is 7.44. The van der Waals surface area contributed by atoms with Gasteiger partial charge in [-0.25, -0.2) is 0 Å². The molecular weight excluding hydrogens is 258 g/mol. The third-order valence-electron chi connectivity index (χ3n) is 3.58. The van der Waals surface area contributed by atoms with Gasteiger partial charge in [0.25, 0.3) is 0 Å². The second-order valence-electron chi connectivity index (χ2n) is 5.86. The van der Waals surface area contributed by atoms with Gasteiger partial charge >= 0.3 is 0 Å². The summed E-state index contributed by atoms with van der Waals surface area (Å²) in [5, 5.41) is 7.66. The first-order valence-corrected chi connectivity index (χ1v) is 7.44. The van der Waals surface area contributed by atoms with Gasteiger partial charge in [0.05, 0.1) is 0 Å². The Kier molecular flexibility index (Phi) is 4.79. The quantitative estimate of drug-likeness (QED) is 0.698. The minimum absolute atomic E-state index is 0.348. The van der Waals surface area contributed by atoms with Crippen molar-refractivity contribution in [2.45, 2.75) is 39.5 Å². The Morgan fingerprint density at radius 3 is 2.10 bits per heavy atom. The van der Waals surface area contributed by atoms with Crippen molar-refractivity contribution in [1.82, 2.24) is 0 Å². The third-order valence-corrected chi connectivity index (χ3v) is 3.58. The molecule has 0 aromatic heterocycles. The highest BCUT2D eigenvalue weighted by Gasteiger charge is 2.19. The van der Waals surface area contributed by atoms with Gasteiger partial charge in [-0.1, -0.05) is 52.0 Å². The summed E-state index contributed by atoms with van der Waals surface area (Å²) < 4.78 is 6.13. The van der Waals surface area contributed by atoms with Crippen molar-refractivity contribution >= 4 is 6.21 Å². The Bertz CT molecular complexity index is 615. The van der Waals surface area contributed by atoms with Crippen molar-refractivity contribution in [1.29, 1.82) is 5.41 Å². The summed E-state index contributed by atoms with van der Waals surface area (Å²) in [6, 6.07) is 13.9. The molecule has 0 radical (unpaired) electrons. The van der Waals surface area contributed by atoms with E-state index < -0.39 is 0 Å². The Labute approximate surface area is 127 Å². The number of benzene rings is 2. The van der Waals surface area contributed by atoms with Crippen LogP contribution in [-0.4, -0.2) is 6.21 Å². The first kappa shape index (κ1) is 15.3. The lowest BCUT2D eigenvalue weighted by Crippen LogP contribution is -2.04. The minimum Gasteiger partial charge on any atom is -0.456 e. The summed E-state index contributed by atoms with van der Waals surface area (Å²) in [6.07, 6.45) is 1.37. The maximum atomic E-state index is 7.66. The number of nitrogens with one attached hydrogen (secondary N) is 1. The van der Waals surface area contributed by atoms with Crippen molar-refractivity contribution in [2.75, 3.05) is 0 Å². The zero-order valence-electron chi connectivity index (χ0n) is 13.2. The van der Waals surface area contributed by atoms with Crippen molar-refractivity contribution in [3.8, 4) is 11.5 Å². The molecule has 0 aliphatic heterocycles. The molecule has 0 saturated carbocycles. The zero-order chi connectivity index (χ0) is 15.4. The van der Waals surface area contributed by atoms with E-state index in [0.29, 0.717) is 11.8 Å². The minimum atomic E-state index is 0.348. The number of hydrogen-bond donors (Lipinski definition) is 1. The van der Waals surface area contributed by atoms with Gasteiger partial charge in [0.1, 0.15) is 11.5 Å². The Hall–Kier alpha value is -2.09. The SMILES string of the molecule is CC(C)c1ccc(C=N)c(Oc2ccccc2)c1C(C)C. The van der Waals surface area contributed by atoms with Crippen molar-refractivity contribution in [2.24, 2.45) is 0 Å². The molecule has 0 heterocycles. The normalized spacial score (nSPS) is 11.0. The average Bonchev–Trinajstić information content (AvgIpc) is 2.47. The van der Waals surface area contributed by atoms with Crippen LogP contribution in [0.5, 0.6) is 11.5 Å². The average molecular weight is 281 g/mol. The highest BCUT2D eigenvalue weighted by Crippen LogP contribution is 2.38. The second-order valence-corrected chi connectivity index (χ2v) is 5.86. The summed E-state index contributed by atoms with van der Waals surface area (Å²) >= 11 is 0. The van der Waals surface area contributed by atoms with E-state index in [1.165, 1.54) is 17.3 Å². The molecule has 0 atom stereocenters. The van der Waals surface area contributed by atoms with Crippen molar-refractivity contribution in [3.05, 3.63) is 59.2 Å². The lowest BCUT2D eigenvalue weighted by Gasteiger charge is -2.22. The van der Waals surface area contributed by atoms with E-state index in [1.54, 1.807) is 0 Å². The van der Waals surface area contributed by atoms with E-state index in [4.69, 9.17) is 10.1 Å². The van der Waals surface area contributed by atoms with E-state index in [0.717, 1.165) is 17.1 Å². The molecule has 0 bridgehead atoms. The molecular formula is C19H23NO. The molecule has 0 unspecified atom stereocenters. The van der Waals surface area contributed by atoms with Gasteiger partial charge in [-0.05, 0) is 35.6 Å². The van der Waals surface area contributed by atoms with Crippen molar-refractivity contribution < 1.29 is 4.74 Å². The smallest absolute Gasteiger partial charge is 0.139 e. The predicted molar refractivity (Wildman–Crippen MR) is 89.0 cm³/mol. The summed E-state index contributed by atoms with van der Waals surface area (Å²) in [7, 11) is 0. The standard InChI is InChI=1S/C19H23NO/c1-13(2)17-11-10-15(12-20)19(18(17)14(3)4)21-16-8-6-5-7-9-16/h5-14,20H,1-4H3. The fraction of sp³-hybridized carbons (Fsp3) is 0.316. The fourth-order valence-electron chi connectivity index (χ4n) is 2.56. The van der Waals surface area contributed by atoms with Crippen LogP contribution in [0.3, 0.4) is 0 Å². The molecule has 110 valence electrons. The number of rotatable bonds is 5. The Morgan fingerprint density at radius 2 is 1.57 bits per heavy atom. The van der Waals surface area contributed by atoms with Crippen LogP contribution in [0.2, 0.25) is 0 Å². The molecule has 0 amide bonds. The van der Waals surface area contributed by atoms with Gasteiger partial charge in [-0.15, -0.1) is 0 Å². The molecule has 0 aliphatic rings. The van der Waals surface area contributed by atoms with Gasteiger partial charge in [-0.3, -0.25) is 0 Å². The lowest BCUT2D eigenvalue weighted by molar-refractivity contribution is 0.470. The maximum absolute atomic E-state index is 7.66.